The maximum atomic E-state index is 5.30. The first-order valence-corrected chi connectivity index (χ1v) is 2.56. The quantitative estimate of drug-likeness (QED) is 0.577. The number of rotatable bonds is 0. The van der Waals surface area contributed by atoms with Gasteiger partial charge in [-0.25, -0.2) is 0 Å². The van der Waals surface area contributed by atoms with Crippen LogP contribution in [-0.2, 0) is 0 Å². The van der Waals surface area contributed by atoms with Gasteiger partial charge < -0.3 is 5.73 Å². The molecule has 0 saturated carbocycles. The lowest BCUT2D eigenvalue weighted by Crippen LogP contribution is -1.72. The molecule has 7 heavy (non-hydrogen) atoms. The first-order chi connectivity index (χ1) is 2.89. The second-order valence-electron chi connectivity index (χ2n) is 1.02. The van der Waals surface area contributed by atoms with Gasteiger partial charge in [-0.2, -0.15) is 0 Å². The molecule has 0 saturated heterocycles. The second-order valence-corrected chi connectivity index (χ2v) is 1.99. The highest BCUT2D eigenvalue weighted by Gasteiger charge is 1.75. The summed E-state index contributed by atoms with van der Waals surface area (Å²) in [6, 6.07) is 3.81. The van der Waals surface area contributed by atoms with Crippen molar-refractivity contribution in [3.63, 3.8) is 0 Å². The van der Waals surface area contributed by atoms with Gasteiger partial charge in [0.15, 0.2) is 0 Å². The van der Waals surface area contributed by atoms with Crippen molar-refractivity contribution < 1.29 is 0 Å². The summed E-state index contributed by atoms with van der Waals surface area (Å²) in [6.45, 7) is 0. The van der Waals surface area contributed by atoms with E-state index in [4.69, 9.17) is 5.73 Å². The monoisotopic (exact) mass is 135 g/mol. The Morgan fingerprint density at radius 3 is 2.43 bits per heavy atom. The van der Waals surface area contributed by atoms with E-state index in [9.17, 15) is 0 Å². The molecule has 2 N–H and O–H groups in total. The van der Waals surface area contributed by atoms with E-state index in [1.165, 1.54) is 0 Å². The zero-order valence-electron chi connectivity index (χ0n) is 3.63. The smallest absolute Gasteiger partial charge is 0.0856 e. The van der Waals surface area contributed by atoms with Crippen LogP contribution in [0.3, 0.4) is 0 Å². The lowest BCUT2D eigenvalue weighted by atomic mass is 10.6. The summed E-state index contributed by atoms with van der Waals surface area (Å²) in [5.41, 5.74) is 5.30. The van der Waals surface area contributed by atoms with Gasteiger partial charge in [0, 0.05) is 0 Å². The average molecular weight is 136 g/mol. The molecule has 0 bridgehead atoms. The molecule has 3 heteroatoms. The molecule has 1 heterocycles. The molecule has 0 radical (unpaired) electrons. The number of anilines is 1. The van der Waals surface area contributed by atoms with Crippen LogP contribution in [0.5, 0.6) is 0 Å². The van der Waals surface area contributed by atoms with Crippen molar-refractivity contribution in [2.24, 2.45) is 0 Å². The van der Waals surface area contributed by atoms with Crippen LogP contribution in [0.15, 0.2) is 17.5 Å². The van der Waals surface area contributed by atoms with Gasteiger partial charge in [-0.1, -0.05) is 0 Å². The van der Waals surface area contributed by atoms with E-state index in [1.54, 1.807) is 11.3 Å². The third-order valence-corrected chi connectivity index (χ3v) is 1.24. The molecule has 0 aliphatic carbocycles. The number of halogens is 1. The van der Waals surface area contributed by atoms with Crippen molar-refractivity contribution in [3.05, 3.63) is 17.5 Å². The minimum Gasteiger partial charge on any atom is -0.391 e. The summed E-state index contributed by atoms with van der Waals surface area (Å²) < 4.78 is 0. The van der Waals surface area contributed by atoms with Crippen LogP contribution < -0.4 is 5.73 Å². The molecule has 1 rings (SSSR count). The molecule has 0 aliphatic rings. The highest BCUT2D eigenvalue weighted by atomic mass is 35.5. The van der Waals surface area contributed by atoms with Gasteiger partial charge in [0.1, 0.15) is 0 Å². The molecule has 0 spiro atoms. The van der Waals surface area contributed by atoms with E-state index in [2.05, 4.69) is 0 Å². The fraction of sp³-hybridized carbons (Fsp3) is 0. The molecular formula is C4H6ClNS. The number of hydrogen-bond donors (Lipinski definition) is 1. The molecule has 0 aliphatic heterocycles. The van der Waals surface area contributed by atoms with Gasteiger partial charge in [-0.05, 0) is 17.5 Å². The molecule has 1 nitrogen and oxygen atoms in total. The van der Waals surface area contributed by atoms with E-state index in [-0.39, 0.29) is 12.4 Å². The maximum absolute atomic E-state index is 5.30. The van der Waals surface area contributed by atoms with Crippen molar-refractivity contribution in [1.82, 2.24) is 0 Å². The number of nitrogens with two attached hydrogens (primary N) is 1. The summed E-state index contributed by atoms with van der Waals surface area (Å²) >= 11 is 1.56. The van der Waals surface area contributed by atoms with Crippen LogP contribution in [0.2, 0.25) is 0 Å². The highest BCUT2D eigenvalue weighted by Crippen LogP contribution is 2.07. The number of hydrogen-bond acceptors (Lipinski definition) is 2. The maximum Gasteiger partial charge on any atom is 0.0856 e. The number of thiophene rings is 1. The van der Waals surface area contributed by atoms with Crippen LogP contribution in [0, 0.1) is 0 Å². The van der Waals surface area contributed by atoms with Gasteiger partial charge in [0.05, 0.1) is 5.00 Å². The van der Waals surface area contributed by atoms with Crippen molar-refractivity contribution in [1.29, 1.82) is 0 Å². The fourth-order valence-electron chi connectivity index (χ4n) is 0.291. The molecule has 1 aromatic heterocycles. The normalized spacial score (nSPS) is 7.43. The largest absolute Gasteiger partial charge is 0.391 e. The third-order valence-electron chi connectivity index (χ3n) is 0.543. The van der Waals surface area contributed by atoms with Gasteiger partial charge in [0.2, 0.25) is 0 Å². The summed E-state index contributed by atoms with van der Waals surface area (Å²) in [5.74, 6) is 0. The Hall–Kier alpha value is -0.210. The Morgan fingerprint density at radius 2 is 2.29 bits per heavy atom. The first-order valence-electron chi connectivity index (χ1n) is 1.68. The first kappa shape index (κ1) is 6.79. The lowest BCUT2D eigenvalue weighted by molar-refractivity contribution is 1.94. The van der Waals surface area contributed by atoms with Crippen molar-refractivity contribution >= 4 is 28.7 Å². The standard InChI is InChI=1S/C4H5NS.ClH/c5-4-2-1-3-6-4;/h1-3H,5H2;1H. The summed E-state index contributed by atoms with van der Waals surface area (Å²) in [7, 11) is 0. The lowest BCUT2D eigenvalue weighted by Gasteiger charge is -1.68. The number of nitrogen functional groups attached to an aromatic ring is 1. The summed E-state index contributed by atoms with van der Waals surface area (Å²) in [4.78, 5) is 0. The molecule has 40 valence electrons. The van der Waals surface area contributed by atoms with E-state index < -0.39 is 0 Å². The van der Waals surface area contributed by atoms with Gasteiger partial charge in [-0.3, -0.25) is 0 Å². The van der Waals surface area contributed by atoms with Crippen molar-refractivity contribution in [2.75, 3.05) is 5.73 Å². The topological polar surface area (TPSA) is 26.0 Å². The minimum absolute atomic E-state index is 0. The van der Waals surface area contributed by atoms with Crippen molar-refractivity contribution in [3.8, 4) is 0 Å². The molecule has 0 unspecified atom stereocenters. The van der Waals surface area contributed by atoms with Gasteiger partial charge >= 0.3 is 0 Å². The second kappa shape index (κ2) is 2.88. The fourth-order valence-corrected chi connectivity index (χ4v) is 0.763. The predicted molar refractivity (Wildman–Crippen MR) is 36.0 cm³/mol. The summed E-state index contributed by atoms with van der Waals surface area (Å²) in [6.07, 6.45) is 0. The predicted octanol–water partition coefficient (Wildman–Crippen LogP) is 1.75. The van der Waals surface area contributed by atoms with E-state index >= 15 is 0 Å². The zero-order valence-corrected chi connectivity index (χ0v) is 5.26. The van der Waals surface area contributed by atoms with Crippen LogP contribution in [-0.4, -0.2) is 0 Å². The molecule has 0 aromatic carbocycles. The minimum atomic E-state index is 0. The van der Waals surface area contributed by atoms with Crippen LogP contribution >= 0.6 is 23.7 Å². The average Bonchev–Trinajstić information content (AvgIpc) is 1.86. The van der Waals surface area contributed by atoms with E-state index in [0.717, 1.165) is 5.00 Å². The molecular weight excluding hydrogens is 130 g/mol. The highest BCUT2D eigenvalue weighted by molar-refractivity contribution is 7.13. The Morgan fingerprint density at radius 1 is 1.57 bits per heavy atom. The summed E-state index contributed by atoms with van der Waals surface area (Å²) in [5, 5.41) is 2.84. The molecule has 0 atom stereocenters. The van der Waals surface area contributed by atoms with E-state index in [0.29, 0.717) is 0 Å². The van der Waals surface area contributed by atoms with Crippen LogP contribution in [0.4, 0.5) is 5.00 Å². The Labute approximate surface area is 52.6 Å². The Balaban J connectivity index is 0.000000360. The Bertz CT molecular complexity index is 115. The zero-order chi connectivity index (χ0) is 4.41. The third kappa shape index (κ3) is 1.80. The Kier molecular flexibility index (Phi) is 2.79. The van der Waals surface area contributed by atoms with Crippen molar-refractivity contribution in [2.45, 2.75) is 0 Å². The van der Waals surface area contributed by atoms with Gasteiger partial charge in [-0.15, -0.1) is 23.7 Å². The molecule has 1 aromatic rings. The van der Waals surface area contributed by atoms with Crippen LogP contribution in [0.25, 0.3) is 0 Å². The SMILES string of the molecule is Cl.Nc1cccs1. The molecule has 0 fully saturated rings. The van der Waals surface area contributed by atoms with Crippen LogP contribution in [0.1, 0.15) is 0 Å². The molecule has 0 amide bonds. The van der Waals surface area contributed by atoms with Gasteiger partial charge in [0.25, 0.3) is 0 Å². The van der Waals surface area contributed by atoms with E-state index in [1.807, 2.05) is 17.5 Å².